The van der Waals surface area contributed by atoms with Crippen LogP contribution in [-0.2, 0) is 4.79 Å². The average Bonchev–Trinajstić information content (AvgIpc) is 2.37. The normalized spacial score (nSPS) is 11.9. The number of ether oxygens (including phenoxy) is 1. The summed E-state index contributed by atoms with van der Waals surface area (Å²) in [6.07, 6.45) is 3.44. The van der Waals surface area contributed by atoms with Gasteiger partial charge < -0.3 is 15.2 Å². The molecule has 0 amide bonds. The van der Waals surface area contributed by atoms with Gasteiger partial charge in [0.2, 0.25) is 11.8 Å². The van der Waals surface area contributed by atoms with Crippen molar-refractivity contribution in [1.29, 1.82) is 0 Å². The molecule has 1 aromatic rings. The number of rotatable bonds is 9. The van der Waals surface area contributed by atoms with E-state index in [0.29, 0.717) is 30.8 Å². The molecular weight excluding hydrogens is 246 g/mol. The first-order valence-electron chi connectivity index (χ1n) is 6.53. The van der Waals surface area contributed by atoms with E-state index in [1.54, 1.807) is 12.3 Å². The second-order valence-electron chi connectivity index (χ2n) is 4.40. The molecule has 1 unspecified atom stereocenters. The predicted molar refractivity (Wildman–Crippen MR) is 72.3 cm³/mol. The summed E-state index contributed by atoms with van der Waals surface area (Å²) in [5, 5.41) is 11.7. The number of nitrogens with zero attached hydrogens (tertiary/aromatic N) is 2. The molecule has 106 valence electrons. The lowest BCUT2D eigenvalue weighted by molar-refractivity contribution is -0.137. The Morgan fingerprint density at radius 1 is 1.53 bits per heavy atom. The summed E-state index contributed by atoms with van der Waals surface area (Å²) >= 11 is 0. The Morgan fingerprint density at radius 3 is 3.00 bits per heavy atom. The van der Waals surface area contributed by atoms with Gasteiger partial charge in [-0.05, 0) is 25.7 Å². The molecule has 1 atom stereocenters. The van der Waals surface area contributed by atoms with Crippen LogP contribution in [0.1, 0.15) is 33.1 Å². The molecule has 0 saturated carbocycles. The molecule has 0 saturated heterocycles. The number of aliphatic carboxylic acids is 1. The minimum atomic E-state index is -0.743. The van der Waals surface area contributed by atoms with Crippen molar-refractivity contribution < 1.29 is 14.6 Å². The van der Waals surface area contributed by atoms with Crippen molar-refractivity contribution in [3.05, 3.63) is 12.3 Å². The van der Waals surface area contributed by atoms with E-state index in [1.807, 2.05) is 13.8 Å². The molecule has 0 aliphatic heterocycles. The minimum absolute atomic E-state index is 0.220. The van der Waals surface area contributed by atoms with Crippen molar-refractivity contribution in [1.82, 2.24) is 9.97 Å². The van der Waals surface area contributed by atoms with Crippen molar-refractivity contribution in [2.24, 2.45) is 5.92 Å². The standard InChI is InChI=1S/C13H21N3O3/c1-3-19-11-7-9-15-13(16-11)14-8-6-10(2)4-5-12(17)18/h7,9-10H,3-6,8H2,1-2H3,(H,17,18)(H,14,15,16). The maximum absolute atomic E-state index is 10.4. The minimum Gasteiger partial charge on any atom is -0.481 e. The average molecular weight is 267 g/mol. The number of carboxylic acid groups (broad SMARTS) is 1. The number of hydrogen-bond donors (Lipinski definition) is 2. The van der Waals surface area contributed by atoms with Gasteiger partial charge in [-0.3, -0.25) is 4.79 Å². The summed E-state index contributed by atoms with van der Waals surface area (Å²) in [5.41, 5.74) is 0. The highest BCUT2D eigenvalue weighted by molar-refractivity contribution is 5.66. The third-order valence-electron chi connectivity index (χ3n) is 2.69. The molecule has 1 rings (SSSR count). The van der Waals surface area contributed by atoms with E-state index in [0.717, 1.165) is 13.0 Å². The van der Waals surface area contributed by atoms with E-state index in [4.69, 9.17) is 9.84 Å². The van der Waals surface area contributed by atoms with Crippen LogP contribution in [0.15, 0.2) is 12.3 Å². The summed E-state index contributed by atoms with van der Waals surface area (Å²) in [4.78, 5) is 18.7. The highest BCUT2D eigenvalue weighted by Gasteiger charge is 2.06. The smallest absolute Gasteiger partial charge is 0.303 e. The van der Waals surface area contributed by atoms with Gasteiger partial charge in [0.15, 0.2) is 0 Å². The van der Waals surface area contributed by atoms with Crippen molar-refractivity contribution in [3.63, 3.8) is 0 Å². The summed E-state index contributed by atoms with van der Waals surface area (Å²) < 4.78 is 5.28. The number of hydrogen-bond acceptors (Lipinski definition) is 5. The molecule has 0 aromatic carbocycles. The number of nitrogens with one attached hydrogen (secondary N) is 1. The summed E-state index contributed by atoms with van der Waals surface area (Å²) in [6.45, 7) is 5.24. The zero-order valence-electron chi connectivity index (χ0n) is 11.4. The fourth-order valence-corrected chi connectivity index (χ4v) is 1.60. The first-order chi connectivity index (χ1) is 9.11. The van der Waals surface area contributed by atoms with Crippen molar-refractivity contribution in [3.8, 4) is 5.88 Å². The summed E-state index contributed by atoms with van der Waals surface area (Å²) in [6, 6.07) is 1.71. The zero-order chi connectivity index (χ0) is 14.1. The van der Waals surface area contributed by atoms with Gasteiger partial charge in [-0.2, -0.15) is 4.98 Å². The number of aromatic nitrogens is 2. The molecule has 0 bridgehead atoms. The van der Waals surface area contributed by atoms with Crippen LogP contribution < -0.4 is 10.1 Å². The van der Waals surface area contributed by atoms with Gasteiger partial charge in [0.25, 0.3) is 0 Å². The van der Waals surface area contributed by atoms with Crippen LogP contribution in [0.4, 0.5) is 5.95 Å². The molecule has 0 aliphatic carbocycles. The highest BCUT2D eigenvalue weighted by Crippen LogP contribution is 2.12. The van der Waals surface area contributed by atoms with E-state index in [9.17, 15) is 4.79 Å². The molecule has 6 heteroatoms. The number of anilines is 1. The van der Waals surface area contributed by atoms with Gasteiger partial charge in [0, 0.05) is 25.2 Å². The SMILES string of the molecule is CCOc1ccnc(NCCC(C)CCC(=O)O)n1. The summed E-state index contributed by atoms with van der Waals surface area (Å²) in [5.74, 6) is 0.710. The van der Waals surface area contributed by atoms with E-state index in [2.05, 4.69) is 15.3 Å². The molecule has 1 heterocycles. The maximum Gasteiger partial charge on any atom is 0.303 e. The van der Waals surface area contributed by atoms with Crippen LogP contribution >= 0.6 is 0 Å². The van der Waals surface area contributed by atoms with Gasteiger partial charge in [0.05, 0.1) is 6.61 Å². The molecule has 0 fully saturated rings. The van der Waals surface area contributed by atoms with E-state index < -0.39 is 5.97 Å². The lowest BCUT2D eigenvalue weighted by atomic mass is 10.0. The van der Waals surface area contributed by atoms with Crippen LogP contribution in [0.5, 0.6) is 5.88 Å². The number of carboxylic acids is 1. The van der Waals surface area contributed by atoms with Gasteiger partial charge in [-0.1, -0.05) is 6.92 Å². The van der Waals surface area contributed by atoms with Gasteiger partial charge >= 0.3 is 5.97 Å². The van der Waals surface area contributed by atoms with E-state index in [1.165, 1.54) is 0 Å². The second-order valence-corrected chi connectivity index (χ2v) is 4.40. The van der Waals surface area contributed by atoms with Crippen LogP contribution in [0.3, 0.4) is 0 Å². The first-order valence-corrected chi connectivity index (χ1v) is 6.53. The van der Waals surface area contributed by atoms with Crippen LogP contribution in [-0.4, -0.2) is 34.2 Å². The Bertz CT molecular complexity index is 398. The molecule has 19 heavy (non-hydrogen) atoms. The molecule has 1 aromatic heterocycles. The largest absolute Gasteiger partial charge is 0.481 e. The van der Waals surface area contributed by atoms with Gasteiger partial charge in [-0.15, -0.1) is 0 Å². The molecule has 0 spiro atoms. The van der Waals surface area contributed by atoms with E-state index >= 15 is 0 Å². The Labute approximate surface area is 113 Å². The second kappa shape index (κ2) is 8.29. The van der Waals surface area contributed by atoms with E-state index in [-0.39, 0.29) is 6.42 Å². The van der Waals surface area contributed by atoms with Crippen molar-refractivity contribution in [2.45, 2.75) is 33.1 Å². The Balaban J connectivity index is 2.28. The topological polar surface area (TPSA) is 84.3 Å². The maximum atomic E-state index is 10.4. The number of carbonyl (C=O) groups is 1. The van der Waals surface area contributed by atoms with Gasteiger partial charge in [0.1, 0.15) is 0 Å². The third kappa shape index (κ3) is 6.59. The molecule has 2 N–H and O–H groups in total. The molecule has 6 nitrogen and oxygen atoms in total. The van der Waals surface area contributed by atoms with Crippen molar-refractivity contribution >= 4 is 11.9 Å². The Morgan fingerprint density at radius 2 is 2.32 bits per heavy atom. The molecule has 0 radical (unpaired) electrons. The van der Waals surface area contributed by atoms with Crippen molar-refractivity contribution in [2.75, 3.05) is 18.5 Å². The van der Waals surface area contributed by atoms with Gasteiger partial charge in [-0.25, -0.2) is 4.98 Å². The Kier molecular flexibility index (Phi) is 6.63. The fraction of sp³-hybridized carbons (Fsp3) is 0.615. The molecule has 0 aliphatic rings. The zero-order valence-corrected chi connectivity index (χ0v) is 11.4. The van der Waals surface area contributed by atoms with Crippen LogP contribution in [0, 0.1) is 5.92 Å². The quantitative estimate of drug-likeness (QED) is 0.713. The lowest BCUT2D eigenvalue weighted by Crippen LogP contribution is -2.10. The van der Waals surface area contributed by atoms with Crippen LogP contribution in [0.2, 0.25) is 0 Å². The van der Waals surface area contributed by atoms with Crippen LogP contribution in [0.25, 0.3) is 0 Å². The lowest BCUT2D eigenvalue weighted by Gasteiger charge is -2.11. The highest BCUT2D eigenvalue weighted by atomic mass is 16.5. The predicted octanol–water partition coefficient (Wildman–Crippen LogP) is 2.18. The Hall–Kier alpha value is -1.85. The monoisotopic (exact) mass is 267 g/mol. The fourth-order valence-electron chi connectivity index (χ4n) is 1.60. The first kappa shape index (κ1) is 15.2. The molecular formula is C13H21N3O3. The third-order valence-corrected chi connectivity index (χ3v) is 2.69. The summed E-state index contributed by atoms with van der Waals surface area (Å²) in [7, 11) is 0.